The Morgan fingerprint density at radius 1 is 1.09 bits per heavy atom. The minimum atomic E-state index is -0.430. The average Bonchev–Trinajstić information content (AvgIpc) is 3.47. The van der Waals surface area contributed by atoms with Crippen molar-refractivity contribution in [2.24, 2.45) is 0 Å². The zero-order valence-corrected chi connectivity index (χ0v) is 18.4. The topological polar surface area (TPSA) is 94.2 Å². The van der Waals surface area contributed by atoms with Crippen LogP contribution in [0.4, 0.5) is 10.5 Å². The third-order valence-electron chi connectivity index (χ3n) is 6.32. The zero-order valence-electron chi connectivity index (χ0n) is 17.6. The predicted molar refractivity (Wildman–Crippen MR) is 123 cm³/mol. The quantitative estimate of drug-likeness (QED) is 0.627. The van der Waals surface area contributed by atoms with Gasteiger partial charge in [0.1, 0.15) is 11.9 Å². The normalized spacial score (nSPS) is 21.2. The molecular weight excluding hydrogens is 428 g/mol. The Labute approximate surface area is 191 Å². The van der Waals surface area contributed by atoms with E-state index in [9.17, 15) is 9.59 Å². The molecule has 0 spiro atoms. The number of nitrogens with one attached hydrogen (secondary N) is 2. The Bertz CT molecular complexity index is 1100. The van der Waals surface area contributed by atoms with Crippen LogP contribution < -0.4 is 5.32 Å². The molecule has 0 bridgehead atoms. The molecule has 2 atom stereocenters. The van der Waals surface area contributed by atoms with Crippen molar-refractivity contribution >= 4 is 40.3 Å². The van der Waals surface area contributed by atoms with E-state index in [0.717, 1.165) is 36.1 Å². The number of carbonyl (C=O) groups is 2. The molecule has 9 heteroatoms. The summed E-state index contributed by atoms with van der Waals surface area (Å²) in [7, 11) is 0. The predicted octanol–water partition coefficient (Wildman–Crippen LogP) is 4.01. The molecular formula is C23H25ClN6O2. The maximum absolute atomic E-state index is 13.4. The Balaban J connectivity index is 1.27. The van der Waals surface area contributed by atoms with Crippen molar-refractivity contribution in [1.82, 2.24) is 24.8 Å². The molecule has 1 unspecified atom stereocenters. The second kappa shape index (κ2) is 8.78. The van der Waals surface area contributed by atoms with Crippen molar-refractivity contribution in [2.75, 3.05) is 25.0 Å². The smallest absolute Gasteiger partial charge is 0.322 e. The van der Waals surface area contributed by atoms with Gasteiger partial charge < -0.3 is 20.1 Å². The number of hydrogen-bond donors (Lipinski definition) is 2. The minimum absolute atomic E-state index is 0.0243. The third-order valence-corrected chi connectivity index (χ3v) is 6.57. The Hall–Kier alpha value is -3.13. The van der Waals surface area contributed by atoms with E-state index in [2.05, 4.69) is 15.3 Å². The molecule has 32 heavy (non-hydrogen) atoms. The third kappa shape index (κ3) is 4.14. The lowest BCUT2D eigenvalue weighted by molar-refractivity contribution is -0.136. The van der Waals surface area contributed by atoms with E-state index in [1.54, 1.807) is 41.6 Å². The molecule has 1 aromatic carbocycles. The van der Waals surface area contributed by atoms with Crippen LogP contribution in [0.1, 0.15) is 37.4 Å². The number of hydrogen-bond acceptors (Lipinski definition) is 4. The molecule has 3 aromatic rings. The van der Waals surface area contributed by atoms with Crippen LogP contribution in [0.2, 0.25) is 5.02 Å². The molecule has 2 saturated heterocycles. The van der Waals surface area contributed by atoms with Gasteiger partial charge in [0.25, 0.3) is 0 Å². The number of H-pyrrole nitrogens is 1. The number of likely N-dealkylation sites (tertiary alicyclic amines) is 2. The minimum Gasteiger partial charge on any atom is -0.340 e. The molecule has 2 N–H and O–H groups in total. The highest BCUT2D eigenvalue weighted by Crippen LogP contribution is 2.29. The highest BCUT2D eigenvalue weighted by atomic mass is 35.5. The second-order valence-electron chi connectivity index (χ2n) is 8.43. The molecule has 3 amide bonds. The average molecular weight is 453 g/mol. The molecule has 5 rings (SSSR count). The van der Waals surface area contributed by atoms with E-state index in [-0.39, 0.29) is 17.9 Å². The van der Waals surface area contributed by atoms with Crippen LogP contribution in [0.15, 0.2) is 42.7 Å². The van der Waals surface area contributed by atoms with Crippen LogP contribution in [0.25, 0.3) is 11.0 Å². The van der Waals surface area contributed by atoms with Gasteiger partial charge in [-0.3, -0.25) is 9.78 Å². The van der Waals surface area contributed by atoms with Crippen LogP contribution in [0.3, 0.4) is 0 Å². The monoisotopic (exact) mass is 452 g/mol. The van der Waals surface area contributed by atoms with E-state index in [4.69, 9.17) is 16.6 Å². The summed E-state index contributed by atoms with van der Waals surface area (Å²) in [6, 6.07) is 8.17. The lowest BCUT2D eigenvalue weighted by atomic mass is 9.96. The van der Waals surface area contributed by atoms with E-state index >= 15 is 0 Å². The summed E-state index contributed by atoms with van der Waals surface area (Å²) >= 11 is 5.92. The van der Waals surface area contributed by atoms with Gasteiger partial charge in [-0.1, -0.05) is 11.6 Å². The number of pyridine rings is 1. The Kier molecular flexibility index (Phi) is 5.70. The molecule has 2 aliphatic rings. The summed E-state index contributed by atoms with van der Waals surface area (Å²) in [5.41, 5.74) is 2.46. The van der Waals surface area contributed by atoms with Gasteiger partial charge >= 0.3 is 6.03 Å². The lowest BCUT2D eigenvalue weighted by Gasteiger charge is -2.35. The number of rotatable bonds is 3. The zero-order chi connectivity index (χ0) is 22.1. The highest BCUT2D eigenvalue weighted by molar-refractivity contribution is 6.30. The van der Waals surface area contributed by atoms with E-state index in [0.29, 0.717) is 36.8 Å². The van der Waals surface area contributed by atoms with Gasteiger partial charge in [0.15, 0.2) is 0 Å². The lowest BCUT2D eigenvalue weighted by Crippen LogP contribution is -2.51. The molecule has 8 nitrogen and oxygen atoms in total. The largest absolute Gasteiger partial charge is 0.340 e. The number of anilines is 1. The summed E-state index contributed by atoms with van der Waals surface area (Å²) in [5.74, 6) is 1.07. The number of aromatic amines is 1. The molecule has 0 aliphatic carbocycles. The van der Waals surface area contributed by atoms with Crippen molar-refractivity contribution in [1.29, 1.82) is 0 Å². The first-order chi connectivity index (χ1) is 15.6. The molecule has 2 aromatic heterocycles. The summed E-state index contributed by atoms with van der Waals surface area (Å²) in [4.78, 5) is 42.0. The van der Waals surface area contributed by atoms with Crippen LogP contribution >= 0.6 is 11.6 Å². The van der Waals surface area contributed by atoms with Crippen LogP contribution in [0, 0.1) is 0 Å². The van der Waals surface area contributed by atoms with Crippen molar-refractivity contribution in [3.63, 3.8) is 0 Å². The highest BCUT2D eigenvalue weighted by Gasteiger charge is 2.38. The Morgan fingerprint density at radius 3 is 2.72 bits per heavy atom. The van der Waals surface area contributed by atoms with Crippen LogP contribution in [-0.2, 0) is 4.79 Å². The van der Waals surface area contributed by atoms with Crippen molar-refractivity contribution < 1.29 is 9.59 Å². The summed E-state index contributed by atoms with van der Waals surface area (Å²) in [5, 5.41) is 3.49. The molecule has 0 saturated carbocycles. The number of benzene rings is 1. The SMILES string of the molecule is O=C([C@H]1CCCN1C(=O)Nc1ccc(Cl)cc1)N1CCCC(c2nc3ccncc3[nH]2)C1. The molecule has 2 aliphatic heterocycles. The number of aromatic nitrogens is 3. The summed E-state index contributed by atoms with van der Waals surface area (Å²) < 4.78 is 0. The number of fused-ring (bicyclic) bond motifs is 1. The number of nitrogens with zero attached hydrogens (tertiary/aromatic N) is 4. The number of piperidine rings is 1. The van der Waals surface area contributed by atoms with E-state index in [1.807, 2.05) is 11.0 Å². The number of halogens is 1. The van der Waals surface area contributed by atoms with E-state index < -0.39 is 6.04 Å². The number of carbonyl (C=O) groups excluding carboxylic acids is 2. The van der Waals surface area contributed by atoms with Crippen molar-refractivity contribution in [2.45, 2.75) is 37.6 Å². The molecule has 0 radical (unpaired) electrons. The first-order valence-corrected chi connectivity index (χ1v) is 11.4. The summed E-state index contributed by atoms with van der Waals surface area (Å²) in [6.45, 7) is 1.89. The van der Waals surface area contributed by atoms with E-state index in [1.165, 1.54) is 0 Å². The van der Waals surface area contributed by atoms with Gasteiger partial charge in [-0.05, 0) is 56.0 Å². The standard InChI is InChI=1S/C23H25ClN6O2/c24-16-5-7-17(8-6-16)26-23(32)30-12-2-4-20(30)22(31)29-11-1-3-15(14-29)21-27-18-9-10-25-13-19(18)28-21/h5-10,13,15,20H,1-4,11-12,14H2,(H,26,32)(H,27,28)/t15?,20-/m1/s1. The maximum Gasteiger partial charge on any atom is 0.322 e. The number of amides is 3. The fourth-order valence-electron chi connectivity index (χ4n) is 4.68. The van der Waals surface area contributed by atoms with Gasteiger partial charge in [-0.25, -0.2) is 9.78 Å². The molecule has 2 fully saturated rings. The van der Waals surface area contributed by atoms with Gasteiger partial charge in [-0.15, -0.1) is 0 Å². The summed E-state index contributed by atoms with van der Waals surface area (Å²) in [6.07, 6.45) is 6.89. The Morgan fingerprint density at radius 2 is 1.91 bits per heavy atom. The second-order valence-corrected chi connectivity index (χ2v) is 8.86. The first-order valence-electron chi connectivity index (χ1n) is 11.0. The number of urea groups is 1. The maximum atomic E-state index is 13.4. The molecule has 166 valence electrons. The molecule has 4 heterocycles. The van der Waals surface area contributed by atoms with Gasteiger partial charge in [0.05, 0.1) is 17.2 Å². The van der Waals surface area contributed by atoms with Crippen molar-refractivity contribution in [3.05, 3.63) is 53.6 Å². The van der Waals surface area contributed by atoms with Gasteiger partial charge in [0.2, 0.25) is 5.91 Å². The van der Waals surface area contributed by atoms with Crippen molar-refractivity contribution in [3.8, 4) is 0 Å². The fraction of sp³-hybridized carbons (Fsp3) is 0.391. The van der Waals surface area contributed by atoms with Gasteiger partial charge in [0, 0.05) is 42.5 Å². The number of imidazole rings is 1. The van der Waals surface area contributed by atoms with Crippen LogP contribution in [0.5, 0.6) is 0 Å². The van der Waals surface area contributed by atoms with Crippen LogP contribution in [-0.4, -0.2) is 62.4 Å². The van der Waals surface area contributed by atoms with Gasteiger partial charge in [-0.2, -0.15) is 0 Å². The first kappa shape index (κ1) is 20.8. The fourth-order valence-corrected chi connectivity index (χ4v) is 4.80.